The highest BCUT2D eigenvalue weighted by Crippen LogP contribution is 2.38. The molecular weight excluding hydrogens is 373 g/mol. The molecule has 4 rings (SSSR count). The number of aromatic nitrogens is 2. The van der Waals surface area contributed by atoms with Crippen LogP contribution in [0.2, 0.25) is 0 Å². The maximum Gasteiger partial charge on any atom is 0.416 e. The zero-order valence-corrected chi connectivity index (χ0v) is 14.9. The molecule has 28 heavy (non-hydrogen) atoms. The van der Waals surface area contributed by atoms with Gasteiger partial charge < -0.3 is 9.64 Å². The summed E-state index contributed by atoms with van der Waals surface area (Å²) in [6.45, 7) is 1.11. The van der Waals surface area contributed by atoms with Gasteiger partial charge in [0.15, 0.2) is 0 Å². The molecule has 1 N–H and O–H groups in total. The van der Waals surface area contributed by atoms with Gasteiger partial charge in [0, 0.05) is 37.0 Å². The van der Waals surface area contributed by atoms with Crippen molar-refractivity contribution in [3.05, 3.63) is 65.7 Å². The van der Waals surface area contributed by atoms with E-state index in [1.807, 2.05) is 6.20 Å². The summed E-state index contributed by atoms with van der Waals surface area (Å²) < 4.78 is 45.3. The van der Waals surface area contributed by atoms with Crippen LogP contribution in [-0.4, -0.2) is 45.3 Å². The number of nitrogens with zero attached hydrogens (tertiary/aromatic N) is 3. The average molecular weight is 392 g/mol. The fraction of sp³-hybridized carbons (Fsp3) is 0.368. The molecule has 2 aliphatic heterocycles. The monoisotopic (exact) mass is 392 g/mol. The average Bonchev–Trinajstić information content (AvgIpc) is 3.38. The molecule has 2 amide bonds. The number of allylic oxidation sites excluding steroid dienone is 4. The first-order valence-electron chi connectivity index (χ1n) is 9.02. The Hall–Kier alpha value is -2.97. The van der Waals surface area contributed by atoms with Crippen molar-refractivity contribution in [1.82, 2.24) is 20.0 Å². The fourth-order valence-corrected chi connectivity index (χ4v) is 3.68. The van der Waals surface area contributed by atoms with Crippen molar-refractivity contribution in [3.63, 3.8) is 0 Å². The van der Waals surface area contributed by atoms with Crippen LogP contribution in [0, 0.1) is 0 Å². The van der Waals surface area contributed by atoms with Crippen molar-refractivity contribution in [2.24, 2.45) is 0 Å². The number of carbonyl (C=O) groups is 1. The maximum absolute atomic E-state index is 13.3. The maximum atomic E-state index is 13.3. The van der Waals surface area contributed by atoms with Crippen LogP contribution >= 0.6 is 0 Å². The van der Waals surface area contributed by atoms with Gasteiger partial charge in [-0.25, -0.2) is 4.79 Å². The summed E-state index contributed by atoms with van der Waals surface area (Å²) in [6, 6.07) is -0.288. The van der Waals surface area contributed by atoms with E-state index in [-0.39, 0.29) is 29.7 Å². The second-order valence-electron chi connectivity index (χ2n) is 6.88. The van der Waals surface area contributed by atoms with Crippen molar-refractivity contribution in [1.29, 1.82) is 0 Å². The summed E-state index contributed by atoms with van der Waals surface area (Å²) in [5.74, 6) is 0.247. The zero-order chi connectivity index (χ0) is 19.7. The molecule has 0 spiro atoms. The lowest BCUT2D eigenvalue weighted by molar-refractivity contribution is -0.0894. The molecule has 1 atom stereocenters. The quantitative estimate of drug-likeness (QED) is 0.822. The Kier molecular flexibility index (Phi) is 4.74. The third kappa shape index (κ3) is 3.56. The number of amides is 2. The van der Waals surface area contributed by atoms with Gasteiger partial charge in [-0.3, -0.25) is 10.00 Å². The van der Waals surface area contributed by atoms with Gasteiger partial charge in [-0.15, -0.1) is 0 Å². The highest BCUT2D eigenvalue weighted by Gasteiger charge is 2.37. The van der Waals surface area contributed by atoms with Gasteiger partial charge in [0.05, 0.1) is 18.0 Å². The normalized spacial score (nSPS) is 22.5. The Morgan fingerprint density at radius 3 is 2.96 bits per heavy atom. The first-order valence-corrected chi connectivity index (χ1v) is 9.02. The van der Waals surface area contributed by atoms with E-state index in [4.69, 9.17) is 4.74 Å². The Morgan fingerprint density at radius 2 is 2.21 bits per heavy atom. The molecule has 0 bridgehead atoms. The number of hydrogen-bond donors (Lipinski definition) is 1. The van der Waals surface area contributed by atoms with Crippen LogP contribution in [-0.2, 0) is 4.74 Å². The summed E-state index contributed by atoms with van der Waals surface area (Å²) in [7, 11) is 0. The number of H-pyrrole nitrogens is 1. The van der Waals surface area contributed by atoms with E-state index in [0.29, 0.717) is 19.5 Å². The summed E-state index contributed by atoms with van der Waals surface area (Å²) >= 11 is 0. The van der Waals surface area contributed by atoms with Gasteiger partial charge in [-0.1, -0.05) is 12.2 Å². The minimum absolute atomic E-state index is 0.0538. The van der Waals surface area contributed by atoms with Crippen molar-refractivity contribution in [2.45, 2.75) is 31.4 Å². The van der Waals surface area contributed by atoms with E-state index in [1.54, 1.807) is 11.1 Å². The Morgan fingerprint density at radius 1 is 1.36 bits per heavy atom. The van der Waals surface area contributed by atoms with Gasteiger partial charge in [0.25, 0.3) is 0 Å². The minimum atomic E-state index is -4.47. The standard InChI is InChI=1S/C19H19F3N4O2/c20-19(21,22)16-4-2-1-3-15(16)17-12-26(7-8-28-17)18(27)25-6-5-13(11-25)14-9-23-24-10-14/h2,4,7-10,12-13H,1,3,5-6,11H2,(H,23,24). The highest BCUT2D eigenvalue weighted by atomic mass is 19.4. The Bertz CT molecular complexity index is 868. The predicted octanol–water partition coefficient (Wildman–Crippen LogP) is 4.17. The number of halogens is 3. The van der Waals surface area contributed by atoms with Gasteiger partial charge in [-0.05, 0) is 24.8 Å². The topological polar surface area (TPSA) is 61.5 Å². The molecule has 3 heterocycles. The summed E-state index contributed by atoms with van der Waals surface area (Å²) in [5.41, 5.74) is 0.377. The summed E-state index contributed by atoms with van der Waals surface area (Å²) in [5, 5.41) is 6.71. The van der Waals surface area contributed by atoms with Gasteiger partial charge in [0.2, 0.25) is 0 Å². The number of aromatic amines is 1. The molecule has 1 saturated heterocycles. The third-order valence-corrected chi connectivity index (χ3v) is 5.12. The first kappa shape index (κ1) is 18.4. The van der Waals surface area contributed by atoms with E-state index >= 15 is 0 Å². The Balaban J connectivity index is 1.53. The predicted molar refractivity (Wildman–Crippen MR) is 94.5 cm³/mol. The van der Waals surface area contributed by atoms with Gasteiger partial charge in [0.1, 0.15) is 12.0 Å². The van der Waals surface area contributed by atoms with Crippen LogP contribution in [0.15, 0.2) is 60.1 Å². The molecular formula is C19H19F3N4O2. The molecule has 0 saturated carbocycles. The molecule has 0 aromatic carbocycles. The molecule has 6 nitrogen and oxygen atoms in total. The largest absolute Gasteiger partial charge is 0.462 e. The Labute approximate surface area is 159 Å². The van der Waals surface area contributed by atoms with Crippen molar-refractivity contribution >= 4 is 6.03 Å². The first-order chi connectivity index (χ1) is 13.4. The molecule has 1 unspecified atom stereocenters. The molecule has 1 aliphatic carbocycles. The molecule has 3 aliphatic rings. The lowest BCUT2D eigenvalue weighted by Gasteiger charge is -2.27. The van der Waals surface area contributed by atoms with Crippen LogP contribution in [0.5, 0.6) is 0 Å². The smallest absolute Gasteiger partial charge is 0.416 e. The van der Waals surface area contributed by atoms with Crippen LogP contribution in [0.1, 0.15) is 30.7 Å². The van der Waals surface area contributed by atoms with E-state index in [9.17, 15) is 18.0 Å². The molecule has 0 radical (unpaired) electrons. The lowest BCUT2D eigenvalue weighted by Crippen LogP contribution is -2.37. The minimum Gasteiger partial charge on any atom is -0.462 e. The van der Waals surface area contributed by atoms with Crippen molar-refractivity contribution in [2.75, 3.05) is 13.1 Å². The molecule has 148 valence electrons. The SMILES string of the molecule is O=C(N1C=COC(C2=C(C(F)(F)F)C=CCC2)=C1)N1CCC(c2cn[nH]c2)C1. The van der Waals surface area contributed by atoms with Gasteiger partial charge in [-0.2, -0.15) is 18.3 Å². The van der Waals surface area contributed by atoms with Crippen LogP contribution < -0.4 is 0 Å². The molecule has 1 aromatic rings. The lowest BCUT2D eigenvalue weighted by atomic mass is 9.95. The van der Waals surface area contributed by atoms with E-state index in [2.05, 4.69) is 10.2 Å². The molecule has 1 fully saturated rings. The van der Waals surface area contributed by atoms with Crippen LogP contribution in [0.25, 0.3) is 0 Å². The molecule has 9 heteroatoms. The summed E-state index contributed by atoms with van der Waals surface area (Å²) in [6.07, 6.45) is 7.17. The summed E-state index contributed by atoms with van der Waals surface area (Å²) in [4.78, 5) is 15.8. The number of alkyl halides is 3. The number of nitrogens with one attached hydrogen (secondary N) is 1. The van der Waals surface area contributed by atoms with Crippen LogP contribution in [0.3, 0.4) is 0 Å². The second-order valence-corrected chi connectivity index (χ2v) is 6.88. The van der Waals surface area contributed by atoms with Crippen molar-refractivity contribution in [3.8, 4) is 0 Å². The number of hydrogen-bond acceptors (Lipinski definition) is 3. The zero-order valence-electron chi connectivity index (χ0n) is 14.9. The highest BCUT2D eigenvalue weighted by molar-refractivity contribution is 5.77. The fourth-order valence-electron chi connectivity index (χ4n) is 3.68. The van der Waals surface area contributed by atoms with E-state index in [0.717, 1.165) is 18.1 Å². The number of likely N-dealkylation sites (tertiary alicyclic amines) is 1. The number of urea groups is 1. The number of rotatable bonds is 2. The third-order valence-electron chi connectivity index (χ3n) is 5.12. The number of ether oxygens (including phenoxy) is 1. The molecule has 1 aromatic heterocycles. The van der Waals surface area contributed by atoms with E-state index < -0.39 is 11.7 Å². The van der Waals surface area contributed by atoms with Crippen molar-refractivity contribution < 1.29 is 22.7 Å². The van der Waals surface area contributed by atoms with Crippen LogP contribution in [0.4, 0.5) is 18.0 Å². The van der Waals surface area contributed by atoms with E-state index in [1.165, 1.54) is 29.6 Å². The van der Waals surface area contributed by atoms with Gasteiger partial charge >= 0.3 is 12.2 Å². The number of carbonyl (C=O) groups excluding carboxylic acids is 1. The second kappa shape index (κ2) is 7.21.